The summed E-state index contributed by atoms with van der Waals surface area (Å²) in [5, 5.41) is 0. The first kappa shape index (κ1) is 24.6. The van der Waals surface area contributed by atoms with E-state index in [4.69, 9.17) is 14.2 Å². The molecule has 0 fully saturated rings. The number of thioether (sulfide) groups is 1. The molecule has 1 amide bonds. The Bertz CT molecular complexity index is 878. The van der Waals surface area contributed by atoms with E-state index < -0.39 is 5.60 Å². The van der Waals surface area contributed by atoms with Crippen LogP contribution >= 0.6 is 11.8 Å². The third kappa shape index (κ3) is 6.50. The number of ether oxygens (including phenoxy) is 3. The predicted molar refractivity (Wildman–Crippen MR) is 131 cm³/mol. The molecule has 1 atom stereocenters. The smallest absolute Gasteiger partial charge is 0.488 e. The van der Waals surface area contributed by atoms with Crippen LogP contribution < -0.4 is 9.22 Å². The fraction of sp³-hybridized carbons (Fsp3) is 0.462. The minimum atomic E-state index is -0.546. The van der Waals surface area contributed by atoms with Crippen molar-refractivity contribution in [3.8, 4) is 5.75 Å². The van der Waals surface area contributed by atoms with E-state index in [-0.39, 0.29) is 10.6 Å². The van der Waals surface area contributed by atoms with Crippen molar-refractivity contribution in [2.45, 2.75) is 44.1 Å². The summed E-state index contributed by atoms with van der Waals surface area (Å²) in [5.41, 5.74) is 1.66. The van der Waals surface area contributed by atoms with Crippen LogP contribution in [-0.4, -0.2) is 50.4 Å². The van der Waals surface area contributed by atoms with Crippen molar-refractivity contribution in [2.75, 3.05) is 38.7 Å². The number of hydrogen-bond acceptors (Lipinski definition) is 5. The highest BCUT2D eigenvalue weighted by molar-refractivity contribution is 7.99. The summed E-state index contributed by atoms with van der Waals surface area (Å²) in [6.45, 7) is 12.5. The first-order valence-corrected chi connectivity index (χ1v) is 12.2. The van der Waals surface area contributed by atoms with Gasteiger partial charge in [0.2, 0.25) is 0 Å². The van der Waals surface area contributed by atoms with E-state index in [9.17, 15) is 4.79 Å². The standard InChI is InChI=1S/C26H35NO4S/c1-5-17-29-18-14-21-10-12-22(13-11-21)30-19-15-27(25(28)31-26(2,3)4)16-20-32-24-9-7-6-8-23(24)27/h6-13H,1,5,14-20H2,2-4H3/q+1. The van der Waals surface area contributed by atoms with Gasteiger partial charge in [-0.1, -0.05) is 31.2 Å². The Morgan fingerprint density at radius 3 is 2.53 bits per heavy atom. The highest BCUT2D eigenvalue weighted by Crippen LogP contribution is 2.40. The third-order valence-electron chi connectivity index (χ3n) is 5.29. The fourth-order valence-corrected chi connectivity index (χ4v) is 4.88. The van der Waals surface area contributed by atoms with Gasteiger partial charge >= 0.3 is 6.09 Å². The summed E-state index contributed by atoms with van der Waals surface area (Å²) in [4.78, 5) is 14.5. The number of para-hydroxylation sites is 1. The van der Waals surface area contributed by atoms with Gasteiger partial charge in [-0.05, 0) is 57.4 Å². The van der Waals surface area contributed by atoms with E-state index in [1.54, 1.807) is 11.8 Å². The lowest BCUT2D eigenvalue weighted by Crippen LogP contribution is -2.60. The molecule has 0 spiro atoms. The minimum absolute atomic E-state index is 0.155. The molecule has 1 heterocycles. The van der Waals surface area contributed by atoms with Gasteiger partial charge in [0, 0.05) is 18.4 Å². The van der Waals surface area contributed by atoms with Crippen LogP contribution in [-0.2, 0) is 15.9 Å². The van der Waals surface area contributed by atoms with E-state index in [1.165, 1.54) is 5.56 Å². The summed E-state index contributed by atoms with van der Waals surface area (Å²) in [6, 6.07) is 16.2. The summed E-state index contributed by atoms with van der Waals surface area (Å²) in [7, 11) is 0. The van der Waals surface area contributed by atoms with Crippen molar-refractivity contribution < 1.29 is 19.0 Å². The number of quaternary nitrogens is 1. The van der Waals surface area contributed by atoms with Crippen molar-refractivity contribution in [3.63, 3.8) is 0 Å². The van der Waals surface area contributed by atoms with Gasteiger partial charge in [0.1, 0.15) is 31.0 Å². The number of hydrogen-bond donors (Lipinski definition) is 0. The average molecular weight is 458 g/mol. The lowest BCUT2D eigenvalue weighted by Gasteiger charge is -2.39. The molecular weight excluding hydrogens is 422 g/mol. The fourth-order valence-electron chi connectivity index (χ4n) is 3.69. The summed E-state index contributed by atoms with van der Waals surface area (Å²) >= 11 is 1.79. The van der Waals surface area contributed by atoms with Crippen LogP contribution in [0.3, 0.4) is 0 Å². The molecule has 0 bridgehead atoms. The molecule has 1 aliphatic heterocycles. The second-order valence-corrected chi connectivity index (χ2v) is 10.1. The van der Waals surface area contributed by atoms with Crippen LogP contribution in [0.4, 0.5) is 10.5 Å². The van der Waals surface area contributed by atoms with Gasteiger partial charge in [-0.15, -0.1) is 11.8 Å². The van der Waals surface area contributed by atoms with Crippen molar-refractivity contribution in [3.05, 3.63) is 61.0 Å². The monoisotopic (exact) mass is 457 g/mol. The highest BCUT2D eigenvalue weighted by Gasteiger charge is 2.46. The molecule has 32 heavy (non-hydrogen) atoms. The van der Waals surface area contributed by atoms with Crippen LogP contribution in [0, 0.1) is 6.92 Å². The molecular formula is C26H35NO4S+. The van der Waals surface area contributed by atoms with Gasteiger partial charge in [0.05, 0.1) is 11.5 Å². The number of fused-ring (bicyclic) bond motifs is 1. The molecule has 0 aliphatic carbocycles. The average Bonchev–Trinajstić information content (AvgIpc) is 2.76. The lowest BCUT2D eigenvalue weighted by atomic mass is 10.1. The molecule has 6 heteroatoms. The molecule has 2 aromatic carbocycles. The van der Waals surface area contributed by atoms with Crippen LogP contribution in [0.15, 0.2) is 53.4 Å². The Hall–Kier alpha value is -2.02. The van der Waals surface area contributed by atoms with Gasteiger partial charge in [-0.25, -0.2) is 0 Å². The zero-order chi connectivity index (χ0) is 23.0. The quantitative estimate of drug-likeness (QED) is 0.347. The van der Waals surface area contributed by atoms with Crippen molar-refractivity contribution in [1.29, 1.82) is 0 Å². The molecule has 1 radical (unpaired) electrons. The van der Waals surface area contributed by atoms with Crippen molar-refractivity contribution in [1.82, 2.24) is 4.48 Å². The highest BCUT2D eigenvalue weighted by atomic mass is 32.2. The number of carbonyl (C=O) groups excluding carboxylic acids is 1. The summed E-state index contributed by atoms with van der Waals surface area (Å²) in [5.74, 6) is 1.66. The summed E-state index contributed by atoms with van der Waals surface area (Å²) < 4.78 is 17.6. The zero-order valence-electron chi connectivity index (χ0n) is 19.5. The van der Waals surface area contributed by atoms with Gasteiger partial charge in [0.25, 0.3) is 0 Å². The third-order valence-corrected chi connectivity index (χ3v) is 6.33. The second kappa shape index (κ2) is 11.2. The molecule has 1 unspecified atom stereocenters. The van der Waals surface area contributed by atoms with Crippen LogP contribution in [0.2, 0.25) is 0 Å². The number of amides is 1. The molecule has 1 aliphatic rings. The zero-order valence-corrected chi connectivity index (χ0v) is 20.3. The molecule has 2 aromatic rings. The molecule has 173 valence electrons. The maximum absolute atomic E-state index is 13.4. The van der Waals surface area contributed by atoms with Crippen LogP contribution in [0.5, 0.6) is 5.75 Å². The molecule has 0 aromatic heterocycles. The van der Waals surface area contributed by atoms with Gasteiger partial charge in [-0.2, -0.15) is 9.28 Å². The Kier molecular flexibility index (Phi) is 8.63. The Labute approximate surface area is 196 Å². The molecule has 5 nitrogen and oxygen atoms in total. The first-order chi connectivity index (χ1) is 15.3. The van der Waals surface area contributed by atoms with E-state index in [0.29, 0.717) is 32.9 Å². The van der Waals surface area contributed by atoms with Crippen molar-refractivity contribution >= 4 is 23.5 Å². The van der Waals surface area contributed by atoms with Gasteiger partial charge < -0.3 is 14.2 Å². The van der Waals surface area contributed by atoms with Gasteiger partial charge in [0.15, 0.2) is 5.69 Å². The predicted octanol–water partition coefficient (Wildman–Crippen LogP) is 5.90. The van der Waals surface area contributed by atoms with E-state index in [1.807, 2.05) is 51.1 Å². The Morgan fingerprint density at radius 2 is 1.81 bits per heavy atom. The maximum atomic E-state index is 13.4. The maximum Gasteiger partial charge on any atom is 0.521 e. The number of carbonyl (C=O) groups is 1. The minimum Gasteiger partial charge on any atom is -0.488 e. The number of nitrogens with zero attached hydrogens (tertiary/aromatic N) is 1. The SMILES string of the molecule is [CH2]CCOCCc1ccc(OCC[N+]2(C(=O)OC(C)(C)C)CCSc3ccccc32)cc1. The topological polar surface area (TPSA) is 44.8 Å². The molecule has 0 saturated heterocycles. The van der Waals surface area contributed by atoms with E-state index in [2.05, 4.69) is 25.1 Å². The lowest BCUT2D eigenvalue weighted by molar-refractivity contribution is 0.0244. The van der Waals surface area contributed by atoms with Crippen molar-refractivity contribution in [2.24, 2.45) is 0 Å². The largest absolute Gasteiger partial charge is 0.521 e. The molecule has 3 rings (SSSR count). The number of rotatable bonds is 9. The second-order valence-electron chi connectivity index (χ2n) is 8.92. The Balaban J connectivity index is 1.67. The molecule has 0 saturated carbocycles. The number of benzene rings is 2. The normalized spacial score (nSPS) is 18.1. The van der Waals surface area contributed by atoms with E-state index in [0.717, 1.165) is 34.9 Å². The first-order valence-electron chi connectivity index (χ1n) is 11.3. The molecule has 0 N–H and O–H groups in total. The van der Waals surface area contributed by atoms with E-state index >= 15 is 0 Å². The summed E-state index contributed by atoms with van der Waals surface area (Å²) in [6.07, 6.45) is 1.44. The van der Waals surface area contributed by atoms with Crippen LogP contribution in [0.1, 0.15) is 32.8 Å². The van der Waals surface area contributed by atoms with Crippen LogP contribution in [0.25, 0.3) is 0 Å². The van der Waals surface area contributed by atoms with Gasteiger partial charge in [-0.3, -0.25) is 0 Å². The Morgan fingerprint density at radius 1 is 1.06 bits per heavy atom.